The van der Waals surface area contributed by atoms with Gasteiger partial charge in [0.25, 0.3) is 0 Å². The number of hydrogen-bond acceptors (Lipinski definition) is 3. The molecule has 0 aliphatic carbocycles. The average molecular weight is 236 g/mol. The van der Waals surface area contributed by atoms with Crippen molar-refractivity contribution in [1.29, 1.82) is 0 Å². The second-order valence-electron chi connectivity index (χ2n) is 2.42. The van der Waals surface area contributed by atoms with Gasteiger partial charge in [-0.05, 0) is 0 Å². The van der Waals surface area contributed by atoms with E-state index in [0.29, 0.717) is 0 Å². The molecule has 13 heavy (non-hydrogen) atoms. The molecule has 0 amide bonds. The first-order valence-electron chi connectivity index (χ1n) is 3.81. The van der Waals surface area contributed by atoms with Crippen LogP contribution in [0.15, 0.2) is 29.3 Å². The molecule has 0 bridgehead atoms. The van der Waals surface area contributed by atoms with Crippen LogP contribution < -0.4 is 0 Å². The molecule has 3 nitrogen and oxygen atoms in total. The molecule has 0 atom stereocenters. The fraction of sp³-hybridized carbons (Fsp3) is 0. The Labute approximate surface area is 82.1 Å². The van der Waals surface area contributed by atoms with E-state index in [1.807, 2.05) is 35.3 Å². The van der Waals surface area contributed by atoms with Crippen molar-refractivity contribution < 1.29 is 0 Å². The average Bonchev–Trinajstić information content (AvgIpc) is 2.69. The van der Waals surface area contributed by atoms with Crippen molar-refractivity contribution in [3.8, 4) is 0 Å². The van der Waals surface area contributed by atoms with Gasteiger partial charge < -0.3 is 0 Å². The van der Waals surface area contributed by atoms with Crippen LogP contribution in [0.5, 0.6) is 0 Å². The Morgan fingerprint density at radius 1 is 1.15 bits per heavy atom. The van der Waals surface area contributed by atoms with Crippen molar-refractivity contribution in [3.63, 3.8) is 0 Å². The van der Waals surface area contributed by atoms with E-state index in [4.69, 9.17) is 0 Å². The Hall–Kier alpha value is -1.25. The van der Waals surface area contributed by atoms with Crippen LogP contribution in [0.25, 0.3) is 12.2 Å². The maximum atomic E-state index is 4.16. The van der Waals surface area contributed by atoms with Crippen LogP contribution >= 0.6 is 0 Å². The molecule has 0 saturated heterocycles. The molecule has 0 aliphatic rings. The van der Waals surface area contributed by atoms with Crippen molar-refractivity contribution in [3.05, 3.63) is 40.7 Å². The van der Waals surface area contributed by atoms with E-state index >= 15 is 0 Å². The number of aromatic nitrogens is 3. The van der Waals surface area contributed by atoms with Crippen molar-refractivity contribution in [2.75, 3.05) is 0 Å². The molecule has 0 spiro atoms. The normalized spacial score (nSPS) is 10.8. The van der Waals surface area contributed by atoms with E-state index < -0.39 is 0 Å². The zero-order valence-corrected chi connectivity index (χ0v) is 8.50. The van der Waals surface area contributed by atoms with Crippen LogP contribution in [0, 0.1) is 0 Å². The minimum absolute atomic E-state index is 0.212. The summed E-state index contributed by atoms with van der Waals surface area (Å²) in [5, 5.41) is 3.95. The van der Waals surface area contributed by atoms with Crippen LogP contribution in [0.2, 0.25) is 0 Å². The molecule has 0 saturated carbocycles. The van der Waals surface area contributed by atoms with Gasteiger partial charge in [0, 0.05) is 0 Å². The molecular weight excluding hydrogens is 229 g/mol. The Balaban J connectivity index is 2.15. The van der Waals surface area contributed by atoms with Gasteiger partial charge in [-0.15, -0.1) is 0 Å². The van der Waals surface area contributed by atoms with Gasteiger partial charge in [-0.25, -0.2) is 0 Å². The van der Waals surface area contributed by atoms with E-state index in [-0.39, 0.29) is 14.7 Å². The van der Waals surface area contributed by atoms with Crippen LogP contribution in [-0.4, -0.2) is 28.9 Å². The van der Waals surface area contributed by atoms with E-state index in [0.717, 1.165) is 11.4 Å². The fourth-order valence-corrected chi connectivity index (χ4v) is 1.78. The first-order chi connectivity index (χ1) is 6.45. The monoisotopic (exact) mass is 237 g/mol. The zero-order valence-electron chi connectivity index (χ0n) is 6.79. The SMILES string of the molecule is C(=C\c1c[se]nn1)/c1ccccn1. The number of rotatable bonds is 2. The summed E-state index contributed by atoms with van der Waals surface area (Å²) >= 11 is 0.212. The Morgan fingerprint density at radius 2 is 2.08 bits per heavy atom. The Morgan fingerprint density at radius 3 is 2.77 bits per heavy atom. The van der Waals surface area contributed by atoms with Gasteiger partial charge in [-0.1, -0.05) is 0 Å². The first kappa shape index (κ1) is 8.35. The third-order valence-corrected chi connectivity index (χ3v) is 2.59. The van der Waals surface area contributed by atoms with Crippen molar-refractivity contribution in [2.45, 2.75) is 0 Å². The second-order valence-corrected chi connectivity index (χ2v) is 3.70. The topological polar surface area (TPSA) is 38.7 Å². The van der Waals surface area contributed by atoms with Crippen molar-refractivity contribution >= 4 is 26.9 Å². The van der Waals surface area contributed by atoms with E-state index in [9.17, 15) is 0 Å². The number of nitrogens with zero attached hydrogens (tertiary/aromatic N) is 3. The molecule has 0 aliphatic heterocycles. The van der Waals surface area contributed by atoms with Gasteiger partial charge in [-0.2, -0.15) is 0 Å². The fourth-order valence-electron chi connectivity index (χ4n) is 0.890. The molecule has 0 aromatic carbocycles. The summed E-state index contributed by atoms with van der Waals surface area (Å²) in [7, 11) is 0. The molecular formula is C9H7N3Se. The van der Waals surface area contributed by atoms with Crippen LogP contribution in [0.4, 0.5) is 0 Å². The van der Waals surface area contributed by atoms with E-state index in [1.54, 1.807) is 6.20 Å². The van der Waals surface area contributed by atoms with Gasteiger partial charge in [0.15, 0.2) is 0 Å². The Kier molecular flexibility index (Phi) is 2.65. The van der Waals surface area contributed by atoms with Crippen LogP contribution in [-0.2, 0) is 0 Å². The first-order valence-corrected chi connectivity index (χ1v) is 5.57. The molecule has 0 fully saturated rings. The molecule has 0 radical (unpaired) electrons. The summed E-state index contributed by atoms with van der Waals surface area (Å²) < 4.78 is 3.90. The predicted octanol–water partition coefficient (Wildman–Crippen LogP) is 1.10. The Bertz CT molecular complexity index is 381. The molecule has 0 unspecified atom stereocenters. The van der Waals surface area contributed by atoms with Gasteiger partial charge in [-0.3, -0.25) is 0 Å². The predicted molar refractivity (Wildman–Crippen MR) is 52.1 cm³/mol. The van der Waals surface area contributed by atoms with E-state index in [1.165, 1.54) is 0 Å². The van der Waals surface area contributed by atoms with Crippen molar-refractivity contribution in [1.82, 2.24) is 14.2 Å². The van der Waals surface area contributed by atoms with Gasteiger partial charge >= 0.3 is 81.8 Å². The standard InChI is InChI=1S/C9H7N3Se/c1-2-6-10-8(3-1)4-5-9-7-13-12-11-9/h1-7H/b5-4+. The van der Waals surface area contributed by atoms with Gasteiger partial charge in [0.2, 0.25) is 0 Å². The second kappa shape index (κ2) is 4.12. The molecule has 2 aromatic rings. The maximum absolute atomic E-state index is 4.16. The molecule has 0 N–H and O–H groups in total. The summed E-state index contributed by atoms with van der Waals surface area (Å²) in [5.74, 6) is 0. The zero-order chi connectivity index (χ0) is 8.93. The number of pyridine rings is 1. The molecule has 2 rings (SSSR count). The molecule has 4 heteroatoms. The number of hydrogen-bond donors (Lipinski definition) is 0. The van der Waals surface area contributed by atoms with Crippen LogP contribution in [0.1, 0.15) is 11.4 Å². The summed E-state index contributed by atoms with van der Waals surface area (Å²) in [6.45, 7) is 0. The summed E-state index contributed by atoms with van der Waals surface area (Å²) in [5.41, 5.74) is 1.88. The van der Waals surface area contributed by atoms with Crippen molar-refractivity contribution in [2.24, 2.45) is 0 Å². The molecule has 2 aromatic heterocycles. The summed E-state index contributed by atoms with van der Waals surface area (Å²) in [6, 6.07) is 5.81. The third-order valence-electron chi connectivity index (χ3n) is 1.49. The molecule has 64 valence electrons. The van der Waals surface area contributed by atoms with Gasteiger partial charge in [0.1, 0.15) is 0 Å². The van der Waals surface area contributed by atoms with Crippen LogP contribution in [0.3, 0.4) is 0 Å². The quantitative estimate of drug-likeness (QED) is 0.733. The molecule has 2 heterocycles. The minimum atomic E-state index is 0.212. The summed E-state index contributed by atoms with van der Waals surface area (Å²) in [4.78, 5) is 6.19. The third kappa shape index (κ3) is 2.34. The van der Waals surface area contributed by atoms with Gasteiger partial charge in [0.05, 0.1) is 0 Å². The van der Waals surface area contributed by atoms with E-state index in [2.05, 4.69) is 14.2 Å². The summed E-state index contributed by atoms with van der Waals surface area (Å²) in [6.07, 6.45) is 5.64.